The standard InChI is InChI=1S/C25H29ClN2O2/c1-16-7-5-11-22(17(16)2)27-14-21-20-10-3-4-12-23(20)28(24(21)25(29)30)15-18-8-6-9-19(26)13-18/h3-4,6,8-10,12-13,16-17,22,27H,5,7,11,14-15H2,1-2H3,(H,29,30)/t16-,17+,22-/m1/s1. The second kappa shape index (κ2) is 8.83. The number of halogens is 1. The molecule has 158 valence electrons. The quantitative estimate of drug-likeness (QED) is 0.513. The maximum atomic E-state index is 12.4. The number of carboxylic acid groups (broad SMARTS) is 1. The highest BCUT2D eigenvalue weighted by molar-refractivity contribution is 6.30. The lowest BCUT2D eigenvalue weighted by Crippen LogP contribution is -2.40. The molecule has 5 heteroatoms. The molecule has 4 nitrogen and oxygen atoms in total. The smallest absolute Gasteiger partial charge is 0.352 e. The molecule has 2 N–H and O–H groups in total. The van der Waals surface area contributed by atoms with Crippen molar-refractivity contribution in [1.29, 1.82) is 0 Å². The Bertz CT molecular complexity index is 1060. The summed E-state index contributed by atoms with van der Waals surface area (Å²) >= 11 is 6.16. The number of fused-ring (bicyclic) bond motifs is 1. The number of rotatable bonds is 6. The molecule has 0 amide bonds. The number of nitrogens with one attached hydrogen (secondary N) is 1. The van der Waals surface area contributed by atoms with Crippen molar-refractivity contribution in [3.63, 3.8) is 0 Å². The molecule has 1 fully saturated rings. The molecule has 3 atom stereocenters. The second-order valence-electron chi connectivity index (χ2n) is 8.62. The third-order valence-electron chi connectivity index (χ3n) is 6.76. The van der Waals surface area contributed by atoms with Crippen molar-refractivity contribution in [2.24, 2.45) is 11.8 Å². The Morgan fingerprint density at radius 2 is 1.97 bits per heavy atom. The molecule has 0 radical (unpaired) electrons. The maximum Gasteiger partial charge on any atom is 0.352 e. The first-order chi connectivity index (χ1) is 14.5. The molecule has 1 aliphatic rings. The average molecular weight is 425 g/mol. The summed E-state index contributed by atoms with van der Waals surface area (Å²) in [5.41, 5.74) is 3.16. The van der Waals surface area contributed by atoms with E-state index in [1.54, 1.807) is 0 Å². The van der Waals surface area contributed by atoms with Gasteiger partial charge in [0, 0.05) is 40.6 Å². The van der Waals surface area contributed by atoms with Crippen molar-refractivity contribution in [3.8, 4) is 0 Å². The number of benzene rings is 2. The Kier molecular flexibility index (Phi) is 6.16. The number of nitrogens with zero attached hydrogens (tertiary/aromatic N) is 1. The van der Waals surface area contributed by atoms with E-state index in [0.29, 0.717) is 41.7 Å². The summed E-state index contributed by atoms with van der Waals surface area (Å²) in [4.78, 5) is 12.4. The van der Waals surface area contributed by atoms with Gasteiger partial charge < -0.3 is 15.0 Å². The molecule has 30 heavy (non-hydrogen) atoms. The topological polar surface area (TPSA) is 54.3 Å². The van der Waals surface area contributed by atoms with Gasteiger partial charge >= 0.3 is 5.97 Å². The fourth-order valence-corrected chi connectivity index (χ4v) is 5.10. The SMILES string of the molecule is C[C@H]1[C@H](C)CCC[C@H]1NCc1c(C(=O)O)n(Cc2cccc(Cl)c2)c2ccccc12. The summed E-state index contributed by atoms with van der Waals surface area (Å²) in [6, 6.07) is 16.0. The minimum absolute atomic E-state index is 0.361. The molecule has 1 aromatic heterocycles. The van der Waals surface area contributed by atoms with Crippen LogP contribution in [0.4, 0.5) is 0 Å². The first-order valence-electron chi connectivity index (χ1n) is 10.8. The van der Waals surface area contributed by atoms with E-state index in [1.165, 1.54) is 12.8 Å². The molecule has 0 aliphatic heterocycles. The molecule has 1 aliphatic carbocycles. The van der Waals surface area contributed by atoms with Crippen LogP contribution >= 0.6 is 11.6 Å². The molecule has 0 bridgehead atoms. The van der Waals surface area contributed by atoms with E-state index in [-0.39, 0.29) is 0 Å². The molecule has 1 heterocycles. The zero-order chi connectivity index (χ0) is 21.3. The predicted octanol–water partition coefficient (Wildman–Crippen LogP) is 5.96. The summed E-state index contributed by atoms with van der Waals surface area (Å²) in [7, 11) is 0. The van der Waals surface area contributed by atoms with Gasteiger partial charge in [-0.15, -0.1) is 0 Å². The third-order valence-corrected chi connectivity index (χ3v) is 6.99. The highest BCUT2D eigenvalue weighted by Crippen LogP contribution is 2.32. The van der Waals surface area contributed by atoms with E-state index < -0.39 is 5.97 Å². The van der Waals surface area contributed by atoms with Crippen LogP contribution in [0.2, 0.25) is 5.02 Å². The molecular weight excluding hydrogens is 396 g/mol. The van der Waals surface area contributed by atoms with Gasteiger partial charge in [-0.1, -0.05) is 68.6 Å². The van der Waals surface area contributed by atoms with Gasteiger partial charge in [0.15, 0.2) is 0 Å². The van der Waals surface area contributed by atoms with E-state index in [4.69, 9.17) is 11.6 Å². The molecule has 3 aromatic rings. The monoisotopic (exact) mass is 424 g/mol. The number of aromatic carboxylic acids is 1. The molecule has 0 unspecified atom stereocenters. The van der Waals surface area contributed by atoms with Crippen molar-refractivity contribution in [2.75, 3.05) is 0 Å². The number of hydrogen-bond acceptors (Lipinski definition) is 2. The largest absolute Gasteiger partial charge is 0.477 e. The third kappa shape index (κ3) is 4.12. The first kappa shape index (κ1) is 21.0. The summed E-state index contributed by atoms with van der Waals surface area (Å²) in [6.07, 6.45) is 3.65. The van der Waals surface area contributed by atoms with Gasteiger partial charge in [0.05, 0.1) is 0 Å². The minimum Gasteiger partial charge on any atom is -0.477 e. The summed E-state index contributed by atoms with van der Waals surface area (Å²) in [5.74, 6) is 0.390. The Morgan fingerprint density at radius 1 is 1.17 bits per heavy atom. The number of para-hydroxylation sites is 1. The molecule has 0 saturated heterocycles. The van der Waals surface area contributed by atoms with E-state index in [0.717, 1.165) is 28.5 Å². The van der Waals surface area contributed by atoms with Crippen molar-refractivity contribution in [1.82, 2.24) is 9.88 Å². The zero-order valence-electron chi connectivity index (χ0n) is 17.6. The van der Waals surface area contributed by atoms with Gasteiger partial charge in [0.25, 0.3) is 0 Å². The van der Waals surface area contributed by atoms with Crippen LogP contribution in [0.5, 0.6) is 0 Å². The summed E-state index contributed by atoms with van der Waals surface area (Å²) < 4.78 is 1.91. The van der Waals surface area contributed by atoms with Gasteiger partial charge in [-0.2, -0.15) is 0 Å². The Balaban J connectivity index is 1.72. The maximum absolute atomic E-state index is 12.4. The number of hydrogen-bond donors (Lipinski definition) is 2. The fraction of sp³-hybridized carbons (Fsp3) is 0.400. The molecular formula is C25H29ClN2O2. The molecule has 1 saturated carbocycles. The second-order valence-corrected chi connectivity index (χ2v) is 9.06. The number of aromatic nitrogens is 1. The lowest BCUT2D eigenvalue weighted by atomic mass is 9.78. The summed E-state index contributed by atoms with van der Waals surface area (Å²) in [5, 5.41) is 15.5. The van der Waals surface area contributed by atoms with Crippen LogP contribution in [0, 0.1) is 11.8 Å². The Morgan fingerprint density at radius 3 is 2.73 bits per heavy atom. The normalized spacial score (nSPS) is 21.8. The van der Waals surface area contributed by atoms with E-state index in [1.807, 2.05) is 53.1 Å². The fourth-order valence-electron chi connectivity index (χ4n) is 4.88. The predicted molar refractivity (Wildman–Crippen MR) is 122 cm³/mol. The van der Waals surface area contributed by atoms with Crippen LogP contribution in [0.1, 0.15) is 54.7 Å². The molecule has 2 aromatic carbocycles. The Labute approximate surface area is 182 Å². The minimum atomic E-state index is -0.893. The van der Waals surface area contributed by atoms with Crippen LogP contribution < -0.4 is 5.32 Å². The first-order valence-corrected chi connectivity index (χ1v) is 11.1. The van der Waals surface area contributed by atoms with Crippen LogP contribution in [-0.2, 0) is 13.1 Å². The van der Waals surface area contributed by atoms with Crippen LogP contribution in [0.15, 0.2) is 48.5 Å². The average Bonchev–Trinajstić information content (AvgIpc) is 3.03. The van der Waals surface area contributed by atoms with Crippen LogP contribution in [-0.4, -0.2) is 21.7 Å². The van der Waals surface area contributed by atoms with Crippen molar-refractivity contribution >= 4 is 28.5 Å². The van der Waals surface area contributed by atoms with Crippen LogP contribution in [0.3, 0.4) is 0 Å². The highest BCUT2D eigenvalue weighted by atomic mass is 35.5. The van der Waals surface area contributed by atoms with E-state index in [9.17, 15) is 9.90 Å². The molecule has 0 spiro atoms. The highest BCUT2D eigenvalue weighted by Gasteiger charge is 2.28. The molecule has 4 rings (SSSR count). The van der Waals surface area contributed by atoms with E-state index in [2.05, 4.69) is 19.2 Å². The van der Waals surface area contributed by atoms with Gasteiger partial charge in [-0.3, -0.25) is 0 Å². The van der Waals surface area contributed by atoms with Crippen LogP contribution in [0.25, 0.3) is 10.9 Å². The zero-order valence-corrected chi connectivity index (χ0v) is 18.3. The van der Waals surface area contributed by atoms with Gasteiger partial charge in [-0.05, 0) is 42.0 Å². The lowest BCUT2D eigenvalue weighted by molar-refractivity contribution is 0.0684. The van der Waals surface area contributed by atoms with Gasteiger partial charge in [0.1, 0.15) is 5.69 Å². The van der Waals surface area contributed by atoms with E-state index >= 15 is 0 Å². The number of carbonyl (C=O) groups is 1. The van der Waals surface area contributed by atoms with Gasteiger partial charge in [-0.25, -0.2) is 4.79 Å². The summed E-state index contributed by atoms with van der Waals surface area (Å²) in [6.45, 7) is 5.66. The lowest BCUT2D eigenvalue weighted by Gasteiger charge is -2.34. The number of carboxylic acids is 1. The van der Waals surface area contributed by atoms with Crippen molar-refractivity contribution in [3.05, 3.63) is 70.4 Å². The van der Waals surface area contributed by atoms with Crippen molar-refractivity contribution < 1.29 is 9.90 Å². The van der Waals surface area contributed by atoms with Crippen molar-refractivity contribution in [2.45, 2.75) is 52.2 Å². The Hall–Kier alpha value is -2.30. The van der Waals surface area contributed by atoms with Gasteiger partial charge in [0.2, 0.25) is 0 Å².